The van der Waals surface area contributed by atoms with Crippen LogP contribution in [0.25, 0.3) is 11.0 Å². The molecule has 2 aromatic rings. The fourth-order valence-corrected chi connectivity index (χ4v) is 2.08. The van der Waals surface area contributed by atoms with E-state index in [-0.39, 0.29) is 5.91 Å². The first-order chi connectivity index (χ1) is 9.15. The lowest BCUT2D eigenvalue weighted by molar-refractivity contribution is 0.0793. The summed E-state index contributed by atoms with van der Waals surface area (Å²) < 4.78 is 0. The zero-order valence-corrected chi connectivity index (χ0v) is 11.9. The molecule has 0 aliphatic rings. The highest BCUT2D eigenvalue weighted by Crippen LogP contribution is 2.15. The van der Waals surface area contributed by atoms with E-state index < -0.39 is 0 Å². The number of hydrogen-bond donors (Lipinski definition) is 1. The van der Waals surface area contributed by atoms with E-state index in [2.05, 4.69) is 23.8 Å². The molecule has 0 fully saturated rings. The van der Waals surface area contributed by atoms with Gasteiger partial charge < -0.3 is 9.88 Å². The molecule has 1 N–H and O–H groups in total. The number of carbonyl (C=O) groups is 1. The lowest BCUT2D eigenvalue weighted by atomic mass is 10.1. The number of fused-ring (bicyclic) bond motifs is 1. The number of carbonyl (C=O) groups excluding carboxylic acids is 1. The fraction of sp³-hybridized carbons (Fsp3) is 0.467. The van der Waals surface area contributed by atoms with E-state index in [1.807, 2.05) is 25.2 Å². The van der Waals surface area contributed by atoms with Gasteiger partial charge >= 0.3 is 0 Å². The molecular weight excluding hydrogens is 238 g/mol. The van der Waals surface area contributed by atoms with Crippen molar-refractivity contribution in [1.29, 1.82) is 0 Å². The SMILES string of the molecule is CCCCN(C)C(=O)c1ccc2nc(CC)[nH]c2c1. The Bertz CT molecular complexity index is 574. The van der Waals surface area contributed by atoms with Crippen molar-refractivity contribution in [3.05, 3.63) is 29.6 Å². The van der Waals surface area contributed by atoms with E-state index in [0.29, 0.717) is 0 Å². The monoisotopic (exact) mass is 259 g/mol. The average molecular weight is 259 g/mol. The number of aromatic amines is 1. The Morgan fingerprint density at radius 3 is 2.84 bits per heavy atom. The molecule has 4 nitrogen and oxygen atoms in total. The molecule has 1 aromatic heterocycles. The van der Waals surface area contributed by atoms with Crippen molar-refractivity contribution < 1.29 is 4.79 Å². The highest BCUT2D eigenvalue weighted by atomic mass is 16.2. The first-order valence-electron chi connectivity index (χ1n) is 6.89. The van der Waals surface area contributed by atoms with Gasteiger partial charge in [-0.15, -0.1) is 0 Å². The van der Waals surface area contributed by atoms with Crippen molar-refractivity contribution in [3.63, 3.8) is 0 Å². The summed E-state index contributed by atoms with van der Waals surface area (Å²) in [6.45, 7) is 4.99. The van der Waals surface area contributed by atoms with Gasteiger partial charge in [-0.3, -0.25) is 4.79 Å². The van der Waals surface area contributed by atoms with Crippen LogP contribution in [0.15, 0.2) is 18.2 Å². The maximum absolute atomic E-state index is 12.3. The average Bonchev–Trinajstić information content (AvgIpc) is 2.85. The smallest absolute Gasteiger partial charge is 0.253 e. The Labute approximate surface area is 113 Å². The summed E-state index contributed by atoms with van der Waals surface area (Å²) in [7, 11) is 1.85. The summed E-state index contributed by atoms with van der Waals surface area (Å²) in [5.74, 6) is 1.03. The topological polar surface area (TPSA) is 49.0 Å². The van der Waals surface area contributed by atoms with Gasteiger partial charge in [-0.05, 0) is 24.6 Å². The molecular formula is C15H21N3O. The quantitative estimate of drug-likeness (QED) is 0.897. The standard InChI is InChI=1S/C15H21N3O/c1-4-6-9-18(3)15(19)11-7-8-12-13(10-11)17-14(5-2)16-12/h7-8,10H,4-6,9H2,1-3H3,(H,16,17). The Morgan fingerprint density at radius 1 is 1.37 bits per heavy atom. The molecule has 0 bridgehead atoms. The highest BCUT2D eigenvalue weighted by molar-refractivity contribution is 5.97. The molecule has 0 aliphatic carbocycles. The zero-order valence-electron chi connectivity index (χ0n) is 11.9. The molecule has 0 radical (unpaired) electrons. The van der Waals surface area contributed by atoms with E-state index >= 15 is 0 Å². The van der Waals surface area contributed by atoms with Crippen LogP contribution in [-0.4, -0.2) is 34.4 Å². The number of amides is 1. The minimum absolute atomic E-state index is 0.0722. The first kappa shape index (κ1) is 13.6. The number of imidazole rings is 1. The molecule has 0 atom stereocenters. The van der Waals surface area contributed by atoms with E-state index in [0.717, 1.165) is 48.2 Å². The Kier molecular flexibility index (Phi) is 4.20. The number of hydrogen-bond acceptors (Lipinski definition) is 2. The first-order valence-corrected chi connectivity index (χ1v) is 6.89. The van der Waals surface area contributed by atoms with Crippen LogP contribution in [0.2, 0.25) is 0 Å². The molecule has 2 rings (SSSR count). The minimum atomic E-state index is 0.0722. The lowest BCUT2D eigenvalue weighted by Crippen LogP contribution is -2.27. The summed E-state index contributed by atoms with van der Waals surface area (Å²) in [5, 5.41) is 0. The Balaban J connectivity index is 2.22. The van der Waals surface area contributed by atoms with Crippen molar-refractivity contribution in [2.24, 2.45) is 0 Å². The van der Waals surface area contributed by atoms with Gasteiger partial charge in [0.05, 0.1) is 11.0 Å². The van der Waals surface area contributed by atoms with Crippen molar-refractivity contribution >= 4 is 16.9 Å². The van der Waals surface area contributed by atoms with E-state index in [1.165, 1.54) is 0 Å². The largest absolute Gasteiger partial charge is 0.342 e. The maximum Gasteiger partial charge on any atom is 0.253 e. The number of rotatable bonds is 5. The zero-order chi connectivity index (χ0) is 13.8. The van der Waals surface area contributed by atoms with Crippen LogP contribution in [-0.2, 0) is 6.42 Å². The summed E-state index contributed by atoms with van der Waals surface area (Å²) in [6, 6.07) is 5.66. The molecule has 4 heteroatoms. The van der Waals surface area contributed by atoms with E-state index in [4.69, 9.17) is 0 Å². The Morgan fingerprint density at radius 2 is 2.16 bits per heavy atom. The van der Waals surface area contributed by atoms with Gasteiger partial charge in [-0.2, -0.15) is 0 Å². The van der Waals surface area contributed by atoms with Crippen LogP contribution in [0.4, 0.5) is 0 Å². The molecule has 102 valence electrons. The molecule has 0 aliphatic heterocycles. The molecule has 19 heavy (non-hydrogen) atoms. The van der Waals surface area contributed by atoms with E-state index in [9.17, 15) is 4.79 Å². The molecule has 1 heterocycles. The molecule has 0 saturated carbocycles. The van der Waals surface area contributed by atoms with Crippen LogP contribution in [0.1, 0.15) is 42.9 Å². The van der Waals surface area contributed by atoms with Gasteiger partial charge in [-0.1, -0.05) is 20.3 Å². The molecule has 1 aromatic carbocycles. The molecule has 0 unspecified atom stereocenters. The van der Waals surface area contributed by atoms with Gasteiger partial charge in [0.2, 0.25) is 0 Å². The van der Waals surface area contributed by atoms with Gasteiger partial charge in [0.25, 0.3) is 5.91 Å². The summed E-state index contributed by atoms with van der Waals surface area (Å²) in [6.07, 6.45) is 3.00. The van der Waals surface area contributed by atoms with Gasteiger partial charge in [0, 0.05) is 25.6 Å². The second kappa shape index (κ2) is 5.87. The predicted molar refractivity (Wildman–Crippen MR) is 77.3 cm³/mol. The number of unbranched alkanes of at least 4 members (excludes halogenated alkanes) is 1. The second-order valence-electron chi connectivity index (χ2n) is 4.85. The van der Waals surface area contributed by atoms with Crippen LogP contribution in [0.3, 0.4) is 0 Å². The number of nitrogens with one attached hydrogen (secondary N) is 1. The Hall–Kier alpha value is -1.84. The molecule has 0 spiro atoms. The number of H-pyrrole nitrogens is 1. The van der Waals surface area contributed by atoms with Crippen LogP contribution >= 0.6 is 0 Å². The third-order valence-electron chi connectivity index (χ3n) is 3.31. The van der Waals surface area contributed by atoms with Crippen molar-refractivity contribution in [3.8, 4) is 0 Å². The number of aromatic nitrogens is 2. The maximum atomic E-state index is 12.3. The normalized spacial score (nSPS) is 10.9. The van der Waals surface area contributed by atoms with Crippen molar-refractivity contribution in [2.45, 2.75) is 33.1 Å². The van der Waals surface area contributed by atoms with Gasteiger partial charge in [-0.25, -0.2) is 4.98 Å². The van der Waals surface area contributed by atoms with E-state index in [1.54, 1.807) is 4.90 Å². The van der Waals surface area contributed by atoms with Gasteiger partial charge in [0.1, 0.15) is 5.82 Å². The summed E-state index contributed by atoms with van der Waals surface area (Å²) in [4.78, 5) is 21.7. The fourth-order valence-electron chi connectivity index (χ4n) is 2.08. The van der Waals surface area contributed by atoms with Crippen LogP contribution in [0, 0.1) is 0 Å². The minimum Gasteiger partial charge on any atom is -0.342 e. The van der Waals surface area contributed by atoms with Crippen molar-refractivity contribution in [1.82, 2.24) is 14.9 Å². The van der Waals surface area contributed by atoms with Crippen LogP contribution in [0.5, 0.6) is 0 Å². The lowest BCUT2D eigenvalue weighted by Gasteiger charge is -2.16. The summed E-state index contributed by atoms with van der Waals surface area (Å²) in [5.41, 5.74) is 2.58. The summed E-state index contributed by atoms with van der Waals surface area (Å²) >= 11 is 0. The second-order valence-corrected chi connectivity index (χ2v) is 4.85. The van der Waals surface area contributed by atoms with Gasteiger partial charge in [0.15, 0.2) is 0 Å². The predicted octanol–water partition coefficient (Wildman–Crippen LogP) is 3.00. The van der Waals surface area contributed by atoms with Crippen LogP contribution < -0.4 is 0 Å². The number of benzene rings is 1. The third-order valence-corrected chi connectivity index (χ3v) is 3.31. The number of nitrogens with zero attached hydrogens (tertiary/aromatic N) is 2. The third kappa shape index (κ3) is 2.95. The molecule has 0 saturated heterocycles. The van der Waals surface area contributed by atoms with Crippen molar-refractivity contribution in [2.75, 3.05) is 13.6 Å². The molecule has 1 amide bonds. The number of aryl methyl sites for hydroxylation is 1. The highest BCUT2D eigenvalue weighted by Gasteiger charge is 2.12.